The van der Waals surface area contributed by atoms with Crippen molar-refractivity contribution in [3.05, 3.63) is 378 Å². The number of hydrogen-bond acceptors (Lipinski definition) is 0. The summed E-state index contributed by atoms with van der Waals surface area (Å²) in [5.41, 5.74) is 31.9. The third-order valence-electron chi connectivity index (χ3n) is 21.4. The number of nitrogens with zero attached hydrogens (tertiary/aromatic N) is 6. The van der Waals surface area contributed by atoms with Crippen LogP contribution in [-0.4, -0.2) is 27.4 Å². The average Bonchev–Trinajstić information content (AvgIpc) is 1.59. The van der Waals surface area contributed by atoms with E-state index in [1.165, 1.54) is 167 Å². The molecule has 0 unspecified atom stereocenters. The molecule has 0 N–H and O–H groups in total. The second-order valence-electron chi connectivity index (χ2n) is 27.1. The SMILES string of the molecule is Cn1cc([C+](c2cc(-c3cc(-c4cc([C+](c5cn(C)c6ccccc56)c5cn(C)c6ccccc56)c5cccccc4-5)cc(-c4cc([C+](c5cn(C)c6ccccc56)c5cn(C)c6ccccc56)c5cccccc4-5)c3)c3cccccc2-3)c2cn(C)c3ccccc23)c2ccccc21. The molecule has 0 aliphatic heterocycles. The molecule has 0 bridgehead atoms. The van der Waals surface area contributed by atoms with Crippen LogP contribution in [0.15, 0.2) is 310 Å². The molecule has 0 amide bonds. The average molecular weight is 1270 g/mol. The molecule has 19 rings (SSSR count). The van der Waals surface area contributed by atoms with E-state index in [-0.39, 0.29) is 0 Å². The highest BCUT2D eigenvalue weighted by molar-refractivity contribution is 6.05. The van der Waals surface area contributed by atoms with E-state index in [0.717, 1.165) is 33.4 Å². The van der Waals surface area contributed by atoms with Crippen molar-refractivity contribution in [2.75, 3.05) is 0 Å². The van der Waals surface area contributed by atoms with Gasteiger partial charge < -0.3 is 27.4 Å². The Hall–Kier alpha value is -12.5. The zero-order valence-corrected chi connectivity index (χ0v) is 56.1. The first-order valence-corrected chi connectivity index (χ1v) is 34.2. The van der Waals surface area contributed by atoms with Crippen LogP contribution < -0.4 is 0 Å². The van der Waals surface area contributed by atoms with Crippen LogP contribution in [-0.2, 0) is 42.3 Å². The molecule has 0 atom stereocenters. The predicted molar refractivity (Wildman–Crippen MR) is 412 cm³/mol. The molecule has 0 saturated heterocycles. The first kappa shape index (κ1) is 57.9. The van der Waals surface area contributed by atoms with E-state index in [2.05, 4.69) is 380 Å². The van der Waals surface area contributed by atoms with E-state index in [0.29, 0.717) is 0 Å². The third kappa shape index (κ3) is 8.99. The van der Waals surface area contributed by atoms with Crippen LogP contribution >= 0.6 is 0 Å². The molecule has 6 heterocycles. The first-order chi connectivity index (χ1) is 48.6. The molecular formula is C93H69N6+3. The van der Waals surface area contributed by atoms with Crippen molar-refractivity contribution < 1.29 is 0 Å². The molecule has 7 aromatic carbocycles. The molecule has 0 spiro atoms. The molecule has 6 aliphatic rings. The Labute approximate surface area is 576 Å². The summed E-state index contributed by atoms with van der Waals surface area (Å²) in [6, 6.07) is 102. The maximum atomic E-state index is 2.52. The smallest absolute Gasteiger partial charge is 0.0798 e. The Kier molecular flexibility index (Phi) is 13.2. The normalized spacial score (nSPS) is 11.9. The van der Waals surface area contributed by atoms with Gasteiger partial charge in [-0.05, 0) is 162 Å². The maximum absolute atomic E-state index is 2.52. The summed E-state index contributed by atoms with van der Waals surface area (Å²) in [4.78, 5) is 0. The highest BCUT2D eigenvalue weighted by atomic mass is 15.0. The Morgan fingerprint density at radius 3 is 0.566 bits per heavy atom. The number of rotatable bonds is 12. The van der Waals surface area contributed by atoms with Gasteiger partial charge in [-0.1, -0.05) is 127 Å². The van der Waals surface area contributed by atoms with E-state index in [4.69, 9.17) is 0 Å². The van der Waals surface area contributed by atoms with Crippen LogP contribution in [0.5, 0.6) is 0 Å². The molecular weight excluding hydrogens is 1200 g/mol. The second kappa shape index (κ2) is 22.6. The van der Waals surface area contributed by atoms with Crippen LogP contribution in [0.25, 0.3) is 132 Å². The maximum Gasteiger partial charge on any atom is 0.0798 e. The lowest BCUT2D eigenvalue weighted by Crippen LogP contribution is -2.04. The highest BCUT2D eigenvalue weighted by Crippen LogP contribution is 2.55. The second-order valence-corrected chi connectivity index (χ2v) is 27.1. The van der Waals surface area contributed by atoms with E-state index < -0.39 is 0 Å². The van der Waals surface area contributed by atoms with Crippen molar-refractivity contribution in [3.63, 3.8) is 0 Å². The number of aryl methyl sites for hydroxylation is 6. The minimum Gasteiger partial charge on any atom is -0.322 e. The van der Waals surface area contributed by atoms with Crippen molar-refractivity contribution >= 4 is 65.4 Å². The standard InChI is InChI=1S/C93H69N6/c1-94-52-79(67-34-16-22-40-85(67)94)91(80-53-95(2)86-41-23-17-35-68(80)86)76-49-73(61-28-10-7-13-31-64(61)76)58-46-59(74-50-77(65-32-14-8-11-29-62(65)74)92(81-54-96(3)87-42-24-18-36-69(81)87)82-55-97(4)88-43-25-19-37-70(82)88)48-60(47-58)75-51-78(66-33-15-9-12-30-63(66)75)93(83-56-98(5)89-44-26-20-38-71(83)89)84-57-99(6)90-45-27-21-39-72(84)90/h7-57H,1-6H3/q+3. The summed E-state index contributed by atoms with van der Waals surface area (Å²) in [7, 11) is 13.1. The predicted octanol–water partition coefficient (Wildman–Crippen LogP) is 22.0. The number of para-hydroxylation sites is 6. The number of hydrogen-bond donors (Lipinski definition) is 0. The summed E-state index contributed by atoms with van der Waals surface area (Å²) in [6.07, 6.45) is 14.1. The van der Waals surface area contributed by atoms with Gasteiger partial charge in [-0.15, -0.1) is 0 Å². The van der Waals surface area contributed by atoms with Gasteiger partial charge >= 0.3 is 0 Å². The van der Waals surface area contributed by atoms with E-state index in [1.807, 2.05) is 0 Å². The Bertz CT molecular complexity index is 5440. The van der Waals surface area contributed by atoms with Crippen LogP contribution in [0.3, 0.4) is 0 Å². The van der Waals surface area contributed by atoms with Crippen molar-refractivity contribution in [1.82, 2.24) is 27.4 Å². The van der Waals surface area contributed by atoms with E-state index in [9.17, 15) is 0 Å². The largest absolute Gasteiger partial charge is 0.322 e. The van der Waals surface area contributed by atoms with Crippen molar-refractivity contribution in [3.8, 4) is 66.8 Å². The van der Waals surface area contributed by atoms with Gasteiger partial charge in [-0.2, -0.15) is 0 Å². The van der Waals surface area contributed by atoms with Gasteiger partial charge in [0.05, 0.1) is 170 Å². The monoisotopic (exact) mass is 1270 g/mol. The van der Waals surface area contributed by atoms with Gasteiger partial charge in [0.2, 0.25) is 0 Å². The van der Waals surface area contributed by atoms with E-state index >= 15 is 0 Å². The van der Waals surface area contributed by atoms with Gasteiger partial charge in [0, 0.05) is 92.4 Å². The number of aromatic nitrogens is 6. The lowest BCUT2D eigenvalue weighted by molar-refractivity contribution is 0.954. The quantitative estimate of drug-likeness (QED) is 0.109. The van der Waals surface area contributed by atoms with Gasteiger partial charge in [0.25, 0.3) is 0 Å². The Morgan fingerprint density at radius 1 is 0.172 bits per heavy atom. The highest BCUT2D eigenvalue weighted by Gasteiger charge is 2.40. The molecule has 0 fully saturated rings. The summed E-state index contributed by atoms with van der Waals surface area (Å²) >= 11 is 0. The van der Waals surface area contributed by atoms with Crippen molar-refractivity contribution in [2.24, 2.45) is 42.3 Å². The van der Waals surface area contributed by atoms with Gasteiger partial charge in [0.1, 0.15) is 0 Å². The molecule has 13 aromatic rings. The molecule has 0 saturated carbocycles. The Morgan fingerprint density at radius 2 is 0.354 bits per heavy atom. The molecule has 6 nitrogen and oxygen atoms in total. The van der Waals surface area contributed by atoms with Crippen LogP contribution in [0.1, 0.15) is 50.1 Å². The molecule has 6 heteroatoms. The minimum atomic E-state index is 1.13. The lowest BCUT2D eigenvalue weighted by atomic mass is 9.84. The number of fused-ring (bicyclic) bond motifs is 9. The van der Waals surface area contributed by atoms with Gasteiger partial charge in [-0.25, -0.2) is 0 Å². The van der Waals surface area contributed by atoms with Crippen molar-refractivity contribution in [2.45, 2.75) is 0 Å². The number of benzene rings is 7. The zero-order chi connectivity index (χ0) is 66.3. The van der Waals surface area contributed by atoms with Crippen LogP contribution in [0, 0.1) is 17.8 Å². The Balaban J connectivity index is 0.910. The van der Waals surface area contributed by atoms with E-state index in [1.54, 1.807) is 0 Å². The zero-order valence-electron chi connectivity index (χ0n) is 56.1. The lowest BCUT2D eigenvalue weighted by Gasteiger charge is -2.12. The molecule has 0 radical (unpaired) electrons. The fraction of sp³-hybridized carbons (Fsp3) is 0.0645. The molecule has 6 aromatic heterocycles. The summed E-state index contributed by atoms with van der Waals surface area (Å²) in [6.45, 7) is 0. The van der Waals surface area contributed by atoms with Crippen LogP contribution in [0.4, 0.5) is 0 Å². The van der Waals surface area contributed by atoms with Gasteiger partial charge in [0.15, 0.2) is 0 Å². The molecule has 99 heavy (non-hydrogen) atoms. The van der Waals surface area contributed by atoms with Crippen molar-refractivity contribution in [1.29, 1.82) is 0 Å². The third-order valence-corrected chi connectivity index (χ3v) is 21.4. The van der Waals surface area contributed by atoms with Crippen LogP contribution in [0.2, 0.25) is 0 Å². The molecule has 468 valence electrons. The minimum absolute atomic E-state index is 1.13. The fourth-order valence-electron chi connectivity index (χ4n) is 16.9. The first-order valence-electron chi connectivity index (χ1n) is 34.2. The topological polar surface area (TPSA) is 29.6 Å². The summed E-state index contributed by atoms with van der Waals surface area (Å²) < 4.78 is 13.8. The summed E-state index contributed by atoms with van der Waals surface area (Å²) in [5.74, 6) is 3.61. The van der Waals surface area contributed by atoms with Gasteiger partial charge in [-0.3, -0.25) is 0 Å². The molecule has 6 aliphatic carbocycles. The summed E-state index contributed by atoms with van der Waals surface area (Å²) in [5, 5.41) is 7.30. The fourth-order valence-corrected chi connectivity index (χ4v) is 16.9.